The van der Waals surface area contributed by atoms with Crippen molar-refractivity contribution in [3.63, 3.8) is 0 Å². The number of aromatic nitrogens is 2. The zero-order chi connectivity index (χ0) is 15.1. The molecule has 1 aromatic heterocycles. The Morgan fingerprint density at radius 2 is 2.19 bits per heavy atom. The largest absolute Gasteiger partial charge is 0.497 e. The van der Waals surface area contributed by atoms with Gasteiger partial charge in [-0.15, -0.1) is 0 Å². The average Bonchev–Trinajstić information content (AvgIpc) is 2.91. The third-order valence-corrected chi connectivity index (χ3v) is 3.05. The van der Waals surface area contributed by atoms with Gasteiger partial charge >= 0.3 is 0 Å². The second kappa shape index (κ2) is 7.36. The maximum Gasteiger partial charge on any atom is 0.135 e. The maximum absolute atomic E-state index is 5.82. The number of hydrogen-bond acceptors (Lipinski definition) is 4. The van der Waals surface area contributed by atoms with E-state index in [2.05, 4.69) is 16.9 Å². The molecule has 21 heavy (non-hydrogen) atoms. The highest BCUT2D eigenvalue weighted by atomic mass is 16.5. The van der Waals surface area contributed by atoms with Crippen molar-refractivity contribution in [3.05, 3.63) is 41.7 Å². The Morgan fingerprint density at radius 1 is 1.33 bits per heavy atom. The molecule has 0 bridgehead atoms. The maximum atomic E-state index is 5.82. The molecular formula is C16H19N3O2. The lowest BCUT2D eigenvalue weighted by Crippen LogP contribution is -2.06. The number of benzene rings is 1. The van der Waals surface area contributed by atoms with Crippen molar-refractivity contribution < 1.29 is 9.47 Å². The fourth-order valence-electron chi connectivity index (χ4n) is 1.92. The van der Waals surface area contributed by atoms with Crippen LogP contribution in [-0.2, 0) is 13.5 Å². The molecule has 0 aliphatic heterocycles. The van der Waals surface area contributed by atoms with E-state index in [9.17, 15) is 0 Å². The van der Waals surface area contributed by atoms with E-state index in [0.29, 0.717) is 13.2 Å². The lowest BCUT2D eigenvalue weighted by molar-refractivity contribution is 0.316. The van der Waals surface area contributed by atoms with Crippen LogP contribution in [0.4, 0.5) is 0 Å². The van der Waals surface area contributed by atoms with Gasteiger partial charge in [0.1, 0.15) is 11.5 Å². The lowest BCUT2D eigenvalue weighted by Gasteiger charge is -2.10. The molecule has 2 N–H and O–H groups in total. The second-order valence-electron chi connectivity index (χ2n) is 4.41. The Morgan fingerprint density at radius 3 is 2.86 bits per heavy atom. The molecule has 0 saturated heterocycles. The minimum atomic E-state index is 0.311. The Balaban J connectivity index is 2.06. The number of rotatable bonds is 5. The molecule has 0 saturated carbocycles. The summed E-state index contributed by atoms with van der Waals surface area (Å²) in [4.78, 5) is 0. The van der Waals surface area contributed by atoms with E-state index in [1.54, 1.807) is 13.3 Å². The van der Waals surface area contributed by atoms with Crippen LogP contribution in [0.5, 0.6) is 11.5 Å². The van der Waals surface area contributed by atoms with Gasteiger partial charge in [0, 0.05) is 25.4 Å². The van der Waals surface area contributed by atoms with Crippen molar-refractivity contribution in [1.29, 1.82) is 0 Å². The molecular weight excluding hydrogens is 266 g/mol. The van der Waals surface area contributed by atoms with Gasteiger partial charge in [-0.05, 0) is 24.3 Å². The first kappa shape index (κ1) is 14.9. The lowest BCUT2D eigenvalue weighted by atomic mass is 10.2. The number of aryl methyl sites for hydroxylation is 1. The molecule has 5 nitrogen and oxygen atoms in total. The van der Waals surface area contributed by atoms with E-state index in [4.69, 9.17) is 15.2 Å². The minimum absolute atomic E-state index is 0.311. The number of hydrogen-bond donors (Lipinski definition) is 1. The summed E-state index contributed by atoms with van der Waals surface area (Å²) in [5.41, 5.74) is 7.33. The molecule has 0 amide bonds. The first-order valence-electron chi connectivity index (χ1n) is 6.71. The van der Waals surface area contributed by atoms with Crippen LogP contribution in [0, 0.1) is 11.8 Å². The number of methoxy groups -OCH3 is 1. The summed E-state index contributed by atoms with van der Waals surface area (Å²) in [6.07, 6.45) is 2.56. The van der Waals surface area contributed by atoms with Gasteiger partial charge in [-0.25, -0.2) is 0 Å². The topological polar surface area (TPSA) is 62.3 Å². The van der Waals surface area contributed by atoms with Crippen molar-refractivity contribution in [2.45, 2.75) is 6.42 Å². The second-order valence-corrected chi connectivity index (χ2v) is 4.41. The standard InChI is InChI=1S/C16H19N3O2/c1-19-14(7-10-18-19)8-11-21-16-6-5-15(20-2)12-13(16)4-3-9-17/h5-7,10,12H,8-9,11,17H2,1-2H3. The first-order chi connectivity index (χ1) is 10.2. The van der Waals surface area contributed by atoms with E-state index in [-0.39, 0.29) is 0 Å². The van der Waals surface area contributed by atoms with Gasteiger partial charge in [0.05, 0.1) is 25.8 Å². The van der Waals surface area contributed by atoms with Crippen LogP contribution in [0.3, 0.4) is 0 Å². The third-order valence-electron chi connectivity index (χ3n) is 3.05. The monoisotopic (exact) mass is 285 g/mol. The minimum Gasteiger partial charge on any atom is -0.497 e. The molecule has 2 aromatic rings. The Labute approximate surface area is 124 Å². The van der Waals surface area contributed by atoms with Crippen LogP contribution in [0.2, 0.25) is 0 Å². The highest BCUT2D eigenvalue weighted by Crippen LogP contribution is 2.23. The Bertz CT molecular complexity index is 653. The number of ether oxygens (including phenoxy) is 2. The van der Waals surface area contributed by atoms with Crippen LogP contribution >= 0.6 is 0 Å². The predicted molar refractivity (Wildman–Crippen MR) is 81.3 cm³/mol. The molecule has 110 valence electrons. The van der Waals surface area contributed by atoms with Gasteiger partial charge in [-0.3, -0.25) is 4.68 Å². The van der Waals surface area contributed by atoms with E-state index in [1.165, 1.54) is 0 Å². The summed E-state index contributed by atoms with van der Waals surface area (Å²) >= 11 is 0. The van der Waals surface area contributed by atoms with Gasteiger partial charge in [0.2, 0.25) is 0 Å². The summed E-state index contributed by atoms with van der Waals surface area (Å²) in [6, 6.07) is 7.55. The fourth-order valence-corrected chi connectivity index (χ4v) is 1.92. The van der Waals surface area contributed by atoms with E-state index in [1.807, 2.05) is 36.0 Å². The van der Waals surface area contributed by atoms with Crippen molar-refractivity contribution >= 4 is 0 Å². The van der Waals surface area contributed by atoms with Gasteiger partial charge in [-0.1, -0.05) is 11.8 Å². The van der Waals surface area contributed by atoms with Crippen molar-refractivity contribution in [1.82, 2.24) is 9.78 Å². The quantitative estimate of drug-likeness (QED) is 0.843. The zero-order valence-corrected chi connectivity index (χ0v) is 12.3. The molecule has 5 heteroatoms. The summed E-state index contributed by atoms with van der Waals surface area (Å²) in [6.45, 7) is 0.870. The summed E-state index contributed by atoms with van der Waals surface area (Å²) < 4.78 is 12.9. The normalized spacial score (nSPS) is 9.86. The number of nitrogens with two attached hydrogens (primary N) is 1. The summed E-state index contributed by atoms with van der Waals surface area (Å²) in [5.74, 6) is 7.32. The predicted octanol–water partition coefficient (Wildman–Crippen LogP) is 1.36. The first-order valence-corrected chi connectivity index (χ1v) is 6.71. The van der Waals surface area contributed by atoms with E-state index in [0.717, 1.165) is 29.2 Å². The smallest absolute Gasteiger partial charge is 0.135 e. The van der Waals surface area contributed by atoms with Crippen LogP contribution in [0.25, 0.3) is 0 Å². The molecule has 2 rings (SSSR count). The highest BCUT2D eigenvalue weighted by Gasteiger charge is 2.05. The van der Waals surface area contributed by atoms with Gasteiger partial charge in [-0.2, -0.15) is 5.10 Å². The fraction of sp³-hybridized carbons (Fsp3) is 0.312. The van der Waals surface area contributed by atoms with Gasteiger partial charge in [0.15, 0.2) is 0 Å². The van der Waals surface area contributed by atoms with Gasteiger partial charge in [0.25, 0.3) is 0 Å². The van der Waals surface area contributed by atoms with Gasteiger partial charge < -0.3 is 15.2 Å². The SMILES string of the molecule is COc1ccc(OCCc2ccnn2C)c(C#CCN)c1. The Hall–Kier alpha value is -2.45. The molecule has 0 spiro atoms. The highest BCUT2D eigenvalue weighted by molar-refractivity contribution is 5.50. The van der Waals surface area contributed by atoms with Crippen LogP contribution in [0.15, 0.2) is 30.5 Å². The number of nitrogens with zero attached hydrogens (tertiary/aromatic N) is 2. The molecule has 0 unspecified atom stereocenters. The molecule has 0 aliphatic rings. The van der Waals surface area contributed by atoms with Crippen LogP contribution < -0.4 is 15.2 Å². The summed E-state index contributed by atoms with van der Waals surface area (Å²) in [5, 5.41) is 4.13. The molecule has 0 radical (unpaired) electrons. The third kappa shape index (κ3) is 4.01. The molecule has 1 aromatic carbocycles. The van der Waals surface area contributed by atoms with Crippen molar-refractivity contribution in [3.8, 4) is 23.3 Å². The molecule has 1 heterocycles. The van der Waals surface area contributed by atoms with Crippen LogP contribution in [0.1, 0.15) is 11.3 Å². The van der Waals surface area contributed by atoms with Crippen LogP contribution in [-0.4, -0.2) is 30.0 Å². The van der Waals surface area contributed by atoms with E-state index < -0.39 is 0 Å². The summed E-state index contributed by atoms with van der Waals surface area (Å²) in [7, 11) is 3.54. The molecule has 0 aliphatic carbocycles. The van der Waals surface area contributed by atoms with Crippen molar-refractivity contribution in [2.24, 2.45) is 12.8 Å². The van der Waals surface area contributed by atoms with E-state index >= 15 is 0 Å². The van der Waals surface area contributed by atoms with Crippen molar-refractivity contribution in [2.75, 3.05) is 20.3 Å². The molecule has 0 fully saturated rings. The Kier molecular flexibility index (Phi) is 5.24. The zero-order valence-electron chi connectivity index (χ0n) is 12.3. The molecule has 0 atom stereocenters. The average molecular weight is 285 g/mol.